The molecule has 3 atom stereocenters. The number of fused-ring (bicyclic) bond motifs is 1. The number of β-lactam (4-membered cyclic amide) rings is 1. The zero-order valence-electron chi connectivity index (χ0n) is 17.5. The molecule has 4 rings (SSSR count). The van der Waals surface area contributed by atoms with Crippen LogP contribution in [-0.4, -0.2) is 83.9 Å². The number of aliphatic hydroxyl groups is 1. The summed E-state index contributed by atoms with van der Waals surface area (Å²) in [5.74, 6) is -3.95. The van der Waals surface area contributed by atoms with E-state index < -0.39 is 51.3 Å². The van der Waals surface area contributed by atoms with Gasteiger partial charge in [0, 0.05) is 11.5 Å². The lowest BCUT2D eigenvalue weighted by atomic mass is 10.0. The van der Waals surface area contributed by atoms with Crippen molar-refractivity contribution in [3.63, 3.8) is 0 Å². The fourth-order valence-electron chi connectivity index (χ4n) is 3.48. The van der Waals surface area contributed by atoms with Crippen LogP contribution >= 0.6 is 23.5 Å². The fourth-order valence-corrected chi connectivity index (χ4v) is 6.40. The normalized spacial score (nSPS) is 20.7. The van der Waals surface area contributed by atoms with E-state index in [2.05, 4.69) is 20.8 Å². The maximum atomic E-state index is 12.7. The topological polar surface area (TPSA) is 211 Å². The van der Waals surface area contributed by atoms with Gasteiger partial charge in [-0.1, -0.05) is 42.1 Å². The summed E-state index contributed by atoms with van der Waals surface area (Å²) < 4.78 is 33.7. The number of rotatable bonds is 9. The van der Waals surface area contributed by atoms with Gasteiger partial charge in [0.2, 0.25) is 5.16 Å². The smallest absolute Gasteiger partial charge is 0.254 e. The SMILES string of the molecule is O=C([O-])C1=C(CSc2nnnn2CS(=O)(=O)[O-])CSC2C(NC(=O)C(O)c3ccccc3)C(=O)N12. The third kappa shape index (κ3) is 5.32. The van der Waals surface area contributed by atoms with Gasteiger partial charge in [0.1, 0.15) is 27.4 Å². The highest BCUT2D eigenvalue weighted by Gasteiger charge is 2.53. The van der Waals surface area contributed by atoms with Crippen molar-refractivity contribution < 1.29 is 37.6 Å². The molecule has 0 bridgehead atoms. The third-order valence-electron chi connectivity index (χ3n) is 5.06. The molecule has 2 N–H and O–H groups in total. The van der Waals surface area contributed by atoms with E-state index in [1.165, 1.54) is 11.8 Å². The number of aliphatic hydroxyl groups excluding tert-OH is 1. The lowest BCUT2D eigenvalue weighted by Crippen LogP contribution is -2.71. The molecule has 1 saturated heterocycles. The molecule has 0 spiro atoms. The minimum absolute atomic E-state index is 0.0308. The van der Waals surface area contributed by atoms with E-state index in [9.17, 15) is 37.6 Å². The van der Waals surface area contributed by atoms with Gasteiger partial charge in [-0.15, -0.1) is 16.9 Å². The molecule has 3 heterocycles. The molecular formula is C18H16N6O8S3-2. The Morgan fingerprint density at radius 2 is 2.03 bits per heavy atom. The largest absolute Gasteiger partial charge is 0.747 e. The maximum Gasteiger partial charge on any atom is 0.254 e. The number of aliphatic carboxylic acids is 1. The van der Waals surface area contributed by atoms with Crippen LogP contribution in [0.3, 0.4) is 0 Å². The first-order chi connectivity index (χ1) is 16.6. The van der Waals surface area contributed by atoms with Crippen LogP contribution in [0.15, 0.2) is 46.8 Å². The van der Waals surface area contributed by atoms with E-state index in [1.807, 2.05) is 0 Å². The molecule has 14 nitrogen and oxygen atoms in total. The Morgan fingerprint density at radius 3 is 2.69 bits per heavy atom. The van der Waals surface area contributed by atoms with Crippen molar-refractivity contribution in [3.8, 4) is 0 Å². The molecule has 1 aromatic heterocycles. The standard InChI is InChI=1S/C18H18N6O8S3/c25-13(9-4-2-1-3-5-9)14(26)19-11-15(27)24-12(17(28)29)10(6-33-16(11)24)7-34-18-20-21-22-23(18)8-35(30,31)32/h1-5,11,13,16,25H,6-8H2,(H,19,26)(H,28,29)(H,30,31,32)/p-2. The number of benzene rings is 1. The van der Waals surface area contributed by atoms with Gasteiger partial charge >= 0.3 is 0 Å². The molecule has 1 aromatic carbocycles. The first-order valence-corrected chi connectivity index (χ1v) is 13.4. The number of hydrogen-bond donors (Lipinski definition) is 2. The van der Waals surface area contributed by atoms with Crippen LogP contribution in [0.5, 0.6) is 0 Å². The Kier molecular flexibility index (Phi) is 7.13. The van der Waals surface area contributed by atoms with Gasteiger partial charge in [-0.05, 0) is 21.6 Å². The second-order valence-corrected chi connectivity index (χ2v) is 10.8. The lowest BCUT2D eigenvalue weighted by Gasteiger charge is -2.51. The number of nitrogens with one attached hydrogen (secondary N) is 1. The minimum Gasteiger partial charge on any atom is -0.747 e. The quantitative estimate of drug-likeness (QED) is 0.190. The number of tetrazole rings is 1. The van der Waals surface area contributed by atoms with Crippen LogP contribution in [0.4, 0.5) is 0 Å². The molecule has 1 fully saturated rings. The predicted molar refractivity (Wildman–Crippen MR) is 117 cm³/mol. The Hall–Kier alpha value is -2.99. The van der Waals surface area contributed by atoms with Crippen molar-refractivity contribution in [2.75, 3.05) is 11.5 Å². The molecule has 0 aliphatic carbocycles. The number of carbonyl (C=O) groups excluding carboxylic acids is 3. The van der Waals surface area contributed by atoms with Crippen LogP contribution in [0.25, 0.3) is 0 Å². The molecule has 0 saturated carbocycles. The Bertz CT molecular complexity index is 1300. The van der Waals surface area contributed by atoms with Gasteiger partial charge in [-0.25, -0.2) is 13.1 Å². The summed E-state index contributed by atoms with van der Waals surface area (Å²) >= 11 is 2.08. The summed E-state index contributed by atoms with van der Waals surface area (Å²) in [6.45, 7) is 0. The van der Waals surface area contributed by atoms with Crippen LogP contribution in [0, 0.1) is 0 Å². The number of amides is 2. The van der Waals surface area contributed by atoms with Gasteiger partial charge in [0.15, 0.2) is 6.10 Å². The van der Waals surface area contributed by atoms with Gasteiger partial charge in [0.25, 0.3) is 11.8 Å². The van der Waals surface area contributed by atoms with E-state index in [0.717, 1.165) is 21.3 Å². The highest BCUT2D eigenvalue weighted by Crippen LogP contribution is 2.41. The molecule has 35 heavy (non-hydrogen) atoms. The van der Waals surface area contributed by atoms with Gasteiger partial charge < -0.3 is 24.9 Å². The van der Waals surface area contributed by atoms with Crippen LogP contribution < -0.4 is 10.4 Å². The zero-order valence-corrected chi connectivity index (χ0v) is 20.0. The van der Waals surface area contributed by atoms with Crippen LogP contribution in [0.1, 0.15) is 11.7 Å². The molecular weight excluding hydrogens is 524 g/mol. The molecule has 0 radical (unpaired) electrons. The van der Waals surface area contributed by atoms with Crippen molar-refractivity contribution in [1.82, 2.24) is 30.4 Å². The number of aromatic nitrogens is 4. The number of hydrogen-bond acceptors (Lipinski definition) is 13. The molecule has 2 amide bonds. The Morgan fingerprint density at radius 1 is 1.31 bits per heavy atom. The van der Waals surface area contributed by atoms with E-state index in [4.69, 9.17) is 0 Å². The van der Waals surface area contributed by atoms with Crippen molar-refractivity contribution in [1.29, 1.82) is 0 Å². The zero-order chi connectivity index (χ0) is 25.3. The first kappa shape index (κ1) is 25.1. The highest BCUT2D eigenvalue weighted by molar-refractivity contribution is 8.01. The van der Waals surface area contributed by atoms with E-state index >= 15 is 0 Å². The van der Waals surface area contributed by atoms with E-state index in [0.29, 0.717) is 11.1 Å². The molecule has 2 aliphatic heterocycles. The average Bonchev–Trinajstić information content (AvgIpc) is 3.25. The second kappa shape index (κ2) is 9.94. The molecule has 17 heteroatoms. The highest BCUT2D eigenvalue weighted by atomic mass is 32.2. The van der Waals surface area contributed by atoms with Crippen LogP contribution in [-0.2, 0) is 30.4 Å². The minimum atomic E-state index is -4.66. The number of carboxylic acid groups (broad SMARTS) is 1. The molecule has 2 aliphatic rings. The van der Waals surface area contributed by atoms with Crippen molar-refractivity contribution >= 4 is 51.4 Å². The summed E-state index contributed by atoms with van der Waals surface area (Å²) in [6, 6.07) is 7.08. The monoisotopic (exact) mass is 540 g/mol. The summed E-state index contributed by atoms with van der Waals surface area (Å²) in [5.41, 5.74) is 0.265. The Labute approximate surface area is 206 Å². The number of nitrogens with zero attached hydrogens (tertiary/aromatic N) is 5. The molecule has 3 unspecified atom stereocenters. The molecule has 186 valence electrons. The van der Waals surface area contributed by atoms with E-state index in [-0.39, 0.29) is 22.4 Å². The van der Waals surface area contributed by atoms with Crippen molar-refractivity contribution in [2.45, 2.75) is 28.6 Å². The van der Waals surface area contributed by atoms with Gasteiger partial charge in [0.05, 0.1) is 11.7 Å². The van der Waals surface area contributed by atoms with Gasteiger partial charge in [-0.2, -0.15) is 0 Å². The summed E-state index contributed by atoms with van der Waals surface area (Å²) in [7, 11) is -4.66. The number of thioether (sulfide) groups is 2. The maximum absolute atomic E-state index is 12.7. The van der Waals surface area contributed by atoms with Crippen molar-refractivity contribution in [3.05, 3.63) is 47.2 Å². The van der Waals surface area contributed by atoms with Gasteiger partial charge in [-0.3, -0.25) is 14.5 Å². The summed E-state index contributed by atoms with van der Waals surface area (Å²) in [6.07, 6.45) is -1.50. The summed E-state index contributed by atoms with van der Waals surface area (Å²) in [5, 5.41) is 34.2. The average molecular weight is 541 g/mol. The van der Waals surface area contributed by atoms with Crippen molar-refractivity contribution in [2.24, 2.45) is 0 Å². The third-order valence-corrected chi connectivity index (χ3v) is 8.00. The Balaban J connectivity index is 1.46. The second-order valence-electron chi connectivity index (χ2n) is 7.39. The lowest BCUT2D eigenvalue weighted by molar-refractivity contribution is -0.301. The fraction of sp³-hybridized carbons (Fsp3) is 0.333. The molecule has 2 aromatic rings. The van der Waals surface area contributed by atoms with E-state index in [1.54, 1.807) is 30.3 Å². The number of carbonyl (C=O) groups is 3. The summed E-state index contributed by atoms with van der Waals surface area (Å²) in [4.78, 5) is 38.0. The first-order valence-electron chi connectivity index (χ1n) is 9.81. The predicted octanol–water partition coefficient (Wildman–Crippen LogP) is -2.59. The number of carboxylic acids is 1. The van der Waals surface area contributed by atoms with Crippen LogP contribution in [0.2, 0.25) is 0 Å².